The van der Waals surface area contributed by atoms with Crippen LogP contribution in [0, 0.1) is 17.8 Å². The van der Waals surface area contributed by atoms with Crippen LogP contribution in [-0.4, -0.2) is 63.1 Å². The minimum absolute atomic E-state index is 0.0383. The Morgan fingerprint density at radius 1 is 1.33 bits per heavy atom. The highest BCUT2D eigenvalue weighted by molar-refractivity contribution is 8.02. The summed E-state index contributed by atoms with van der Waals surface area (Å²) in [5, 5.41) is 13.7. The van der Waals surface area contributed by atoms with Crippen LogP contribution >= 0.6 is 23.4 Å². The molecule has 1 aromatic rings. The fourth-order valence-electron chi connectivity index (χ4n) is 5.85. The number of halogens is 1. The van der Waals surface area contributed by atoms with Gasteiger partial charge in [0.2, 0.25) is 11.8 Å². The third-order valence-electron chi connectivity index (χ3n) is 7.00. The molecule has 0 aliphatic carbocycles. The molecular weight excluding hydrogens is 464 g/mol. The van der Waals surface area contributed by atoms with Gasteiger partial charge in [-0.15, -0.1) is 11.8 Å². The summed E-state index contributed by atoms with van der Waals surface area (Å²) in [6.45, 7) is 5.80. The quantitative estimate of drug-likeness (QED) is 0.538. The molecule has 4 rings (SSSR count). The molecule has 1 spiro atoms. The molecule has 3 heterocycles. The highest BCUT2D eigenvalue weighted by Crippen LogP contribution is 2.66. The first kappa shape index (κ1) is 24.4. The van der Waals surface area contributed by atoms with Crippen molar-refractivity contribution in [3.8, 4) is 0 Å². The molecule has 9 heteroatoms. The van der Waals surface area contributed by atoms with Crippen molar-refractivity contribution in [1.29, 1.82) is 0 Å². The molecular formula is C24H31ClN2O5S. The Bertz CT molecular complexity index is 926. The number of aliphatic hydroxyl groups is 1. The van der Waals surface area contributed by atoms with E-state index in [9.17, 15) is 19.5 Å². The number of amides is 2. The predicted molar refractivity (Wildman–Crippen MR) is 128 cm³/mol. The third kappa shape index (κ3) is 4.15. The number of nitrogens with one attached hydrogen (secondary N) is 1. The van der Waals surface area contributed by atoms with Gasteiger partial charge in [-0.2, -0.15) is 0 Å². The molecule has 2 amide bonds. The lowest BCUT2D eigenvalue weighted by Crippen LogP contribution is -2.55. The van der Waals surface area contributed by atoms with E-state index in [0.717, 1.165) is 6.42 Å². The van der Waals surface area contributed by atoms with Gasteiger partial charge in [-0.25, -0.2) is 0 Å². The van der Waals surface area contributed by atoms with Gasteiger partial charge in [0.25, 0.3) is 0 Å². The van der Waals surface area contributed by atoms with Crippen LogP contribution in [0.1, 0.15) is 40.0 Å². The van der Waals surface area contributed by atoms with E-state index in [-0.39, 0.29) is 42.2 Å². The zero-order chi connectivity index (χ0) is 23.9. The smallest absolute Gasteiger partial charge is 0.310 e. The highest BCUT2D eigenvalue weighted by Gasteiger charge is 2.74. The normalized spacial score (nSPS) is 31.1. The molecule has 3 aliphatic rings. The van der Waals surface area contributed by atoms with E-state index in [2.05, 4.69) is 5.32 Å². The van der Waals surface area contributed by atoms with Gasteiger partial charge in [-0.1, -0.05) is 25.4 Å². The Morgan fingerprint density at radius 3 is 2.64 bits per heavy atom. The topological polar surface area (TPSA) is 95.9 Å². The molecule has 180 valence electrons. The Balaban J connectivity index is 1.73. The first-order valence-corrected chi connectivity index (χ1v) is 12.8. The molecule has 0 saturated carbocycles. The van der Waals surface area contributed by atoms with Crippen LogP contribution < -0.4 is 5.32 Å². The molecule has 7 nitrogen and oxygen atoms in total. The maximum absolute atomic E-state index is 13.9. The number of benzene rings is 1. The van der Waals surface area contributed by atoms with Crippen LogP contribution in [0.4, 0.5) is 5.69 Å². The van der Waals surface area contributed by atoms with Crippen molar-refractivity contribution in [1.82, 2.24) is 4.90 Å². The number of hydrogen-bond donors (Lipinski definition) is 2. The van der Waals surface area contributed by atoms with Crippen LogP contribution in [0.25, 0.3) is 0 Å². The van der Waals surface area contributed by atoms with Gasteiger partial charge in [0.05, 0.1) is 35.8 Å². The fourth-order valence-corrected chi connectivity index (χ4v) is 8.17. The van der Waals surface area contributed by atoms with Gasteiger partial charge in [-0.05, 0) is 56.4 Å². The van der Waals surface area contributed by atoms with Gasteiger partial charge in [-0.3, -0.25) is 14.4 Å². The van der Waals surface area contributed by atoms with Gasteiger partial charge in [0.1, 0.15) is 6.04 Å². The monoisotopic (exact) mass is 494 g/mol. The first-order valence-electron chi connectivity index (χ1n) is 11.6. The lowest BCUT2D eigenvalue weighted by Gasteiger charge is -2.37. The lowest BCUT2D eigenvalue weighted by molar-refractivity contribution is -0.154. The minimum atomic E-state index is -0.781. The van der Waals surface area contributed by atoms with Crippen LogP contribution in [0.3, 0.4) is 0 Å². The molecule has 3 saturated heterocycles. The van der Waals surface area contributed by atoms with Crippen LogP contribution in [0.15, 0.2) is 24.3 Å². The largest absolute Gasteiger partial charge is 0.466 e. The molecule has 0 aromatic heterocycles. The molecule has 2 unspecified atom stereocenters. The number of anilines is 1. The molecule has 33 heavy (non-hydrogen) atoms. The van der Waals surface area contributed by atoms with E-state index in [1.54, 1.807) is 47.9 Å². The SMILES string of the molecule is CCOC(=O)[C@@H]1[C@H]2C(=O)N([C@@H](CO)CC(C)C)C(C(=O)Nc3ccc(Cl)cc3)C23CC[C@H]1S3. The molecule has 1 aromatic carbocycles. The van der Waals surface area contributed by atoms with Crippen molar-refractivity contribution < 1.29 is 24.2 Å². The second-order valence-electron chi connectivity index (χ2n) is 9.52. The molecule has 2 N–H and O–H groups in total. The number of likely N-dealkylation sites (tertiary alicyclic amines) is 1. The van der Waals surface area contributed by atoms with Crippen LogP contribution in [0.5, 0.6) is 0 Å². The first-order chi connectivity index (χ1) is 15.7. The molecule has 2 bridgehead atoms. The molecule has 3 aliphatic heterocycles. The Hall–Kier alpha value is -1.77. The average Bonchev–Trinajstić information content (AvgIpc) is 3.41. The zero-order valence-corrected chi connectivity index (χ0v) is 20.7. The van der Waals surface area contributed by atoms with Crippen molar-refractivity contribution in [2.75, 3.05) is 18.5 Å². The zero-order valence-electron chi connectivity index (χ0n) is 19.1. The van der Waals surface area contributed by atoms with Gasteiger partial charge < -0.3 is 20.1 Å². The van der Waals surface area contributed by atoms with Crippen LogP contribution in [-0.2, 0) is 19.1 Å². The minimum Gasteiger partial charge on any atom is -0.466 e. The Morgan fingerprint density at radius 2 is 2.03 bits per heavy atom. The number of aliphatic hydroxyl groups excluding tert-OH is 1. The summed E-state index contributed by atoms with van der Waals surface area (Å²) in [6, 6.07) is 5.54. The number of carbonyl (C=O) groups is 3. The van der Waals surface area contributed by atoms with Crippen molar-refractivity contribution in [2.45, 2.75) is 62.1 Å². The number of rotatable bonds is 8. The van der Waals surface area contributed by atoms with Crippen molar-refractivity contribution >= 4 is 46.8 Å². The highest BCUT2D eigenvalue weighted by atomic mass is 35.5. The number of fused-ring (bicyclic) bond motifs is 1. The summed E-state index contributed by atoms with van der Waals surface area (Å²) in [5.74, 6) is -1.85. The summed E-state index contributed by atoms with van der Waals surface area (Å²) >= 11 is 7.57. The molecule has 0 radical (unpaired) electrons. The number of carbonyl (C=O) groups excluding carboxylic acids is 3. The number of hydrogen-bond acceptors (Lipinski definition) is 6. The lowest BCUT2D eigenvalue weighted by atomic mass is 9.71. The van der Waals surface area contributed by atoms with Gasteiger partial charge in [0, 0.05) is 16.0 Å². The second kappa shape index (κ2) is 9.47. The second-order valence-corrected chi connectivity index (χ2v) is 11.6. The number of esters is 1. The van der Waals surface area contributed by atoms with Crippen molar-refractivity contribution in [3.63, 3.8) is 0 Å². The fraction of sp³-hybridized carbons (Fsp3) is 0.625. The number of ether oxygens (including phenoxy) is 1. The summed E-state index contributed by atoms with van der Waals surface area (Å²) in [5.41, 5.74) is 0.584. The molecule has 3 fully saturated rings. The van der Waals surface area contributed by atoms with E-state index in [4.69, 9.17) is 16.3 Å². The van der Waals surface area contributed by atoms with E-state index < -0.39 is 28.7 Å². The van der Waals surface area contributed by atoms with E-state index in [1.165, 1.54) is 0 Å². The standard InChI is InChI=1S/C24H31ClN2O5S/c1-4-32-23(31)18-17-9-10-24(33-17)19(18)22(30)27(16(12-28)11-13(2)3)20(24)21(29)26-15-7-5-14(25)6-8-15/h5-8,13,16-20,28H,4,9-12H2,1-3H3,(H,26,29)/t16-,17-,18+,19+,20?,24?/m1/s1. The number of thioether (sulfide) groups is 1. The molecule has 6 atom stereocenters. The van der Waals surface area contributed by atoms with Gasteiger partial charge in [0.15, 0.2) is 0 Å². The average molecular weight is 495 g/mol. The summed E-state index contributed by atoms with van der Waals surface area (Å²) < 4.78 is 4.63. The van der Waals surface area contributed by atoms with Crippen LogP contribution in [0.2, 0.25) is 5.02 Å². The van der Waals surface area contributed by atoms with Gasteiger partial charge >= 0.3 is 5.97 Å². The number of nitrogens with zero attached hydrogens (tertiary/aromatic N) is 1. The van der Waals surface area contributed by atoms with E-state index in [0.29, 0.717) is 23.6 Å². The summed E-state index contributed by atoms with van der Waals surface area (Å²) in [6.07, 6.45) is 1.99. The Labute approximate surface area is 203 Å². The third-order valence-corrected chi connectivity index (χ3v) is 9.21. The van der Waals surface area contributed by atoms with Crippen molar-refractivity contribution in [3.05, 3.63) is 29.3 Å². The summed E-state index contributed by atoms with van der Waals surface area (Å²) in [7, 11) is 0. The summed E-state index contributed by atoms with van der Waals surface area (Å²) in [4.78, 5) is 42.1. The predicted octanol–water partition coefficient (Wildman–Crippen LogP) is 3.34. The van der Waals surface area contributed by atoms with E-state index >= 15 is 0 Å². The van der Waals surface area contributed by atoms with E-state index in [1.807, 2.05) is 13.8 Å². The van der Waals surface area contributed by atoms with Crippen molar-refractivity contribution in [2.24, 2.45) is 17.8 Å². The maximum atomic E-state index is 13.9. The maximum Gasteiger partial charge on any atom is 0.310 e. The Kier molecular flexibility index (Phi) is 6.99.